The SMILES string of the molecule is C=CCNC(=O)[C@@H]1C[C@@H]1c1cc(Cl)cc(Cl)c1. The molecule has 1 N–H and O–H groups in total. The average molecular weight is 270 g/mol. The van der Waals surface area contributed by atoms with Crippen LogP contribution in [0.2, 0.25) is 10.0 Å². The monoisotopic (exact) mass is 269 g/mol. The predicted molar refractivity (Wildman–Crippen MR) is 70.5 cm³/mol. The Kier molecular flexibility index (Phi) is 3.75. The highest BCUT2D eigenvalue weighted by molar-refractivity contribution is 6.34. The normalized spacial score (nSPS) is 22.0. The van der Waals surface area contributed by atoms with E-state index in [1.165, 1.54) is 0 Å². The first-order valence-corrected chi connectivity index (χ1v) is 6.22. The number of hydrogen-bond acceptors (Lipinski definition) is 1. The first-order valence-electron chi connectivity index (χ1n) is 5.46. The van der Waals surface area contributed by atoms with Crippen molar-refractivity contribution in [1.29, 1.82) is 0 Å². The van der Waals surface area contributed by atoms with Gasteiger partial charge in [-0.3, -0.25) is 4.79 Å². The number of hydrogen-bond donors (Lipinski definition) is 1. The fraction of sp³-hybridized carbons (Fsp3) is 0.308. The van der Waals surface area contributed by atoms with Crippen molar-refractivity contribution in [3.05, 3.63) is 46.5 Å². The van der Waals surface area contributed by atoms with E-state index in [0.717, 1.165) is 12.0 Å². The highest BCUT2D eigenvalue weighted by Gasteiger charge is 2.43. The summed E-state index contributed by atoms with van der Waals surface area (Å²) >= 11 is 11.9. The molecule has 0 bridgehead atoms. The molecule has 4 heteroatoms. The van der Waals surface area contributed by atoms with Gasteiger partial charge in [-0.1, -0.05) is 29.3 Å². The number of rotatable bonds is 4. The molecular weight excluding hydrogens is 257 g/mol. The molecule has 1 amide bonds. The second-order valence-corrected chi connectivity index (χ2v) is 5.06. The van der Waals surface area contributed by atoms with Crippen LogP contribution < -0.4 is 5.32 Å². The van der Waals surface area contributed by atoms with Gasteiger partial charge in [0.15, 0.2) is 0 Å². The summed E-state index contributed by atoms with van der Waals surface area (Å²) in [5, 5.41) is 4.03. The first kappa shape index (κ1) is 12.5. The summed E-state index contributed by atoms with van der Waals surface area (Å²) in [7, 11) is 0. The Morgan fingerprint density at radius 3 is 2.65 bits per heavy atom. The Hall–Kier alpha value is -0.990. The molecule has 1 aromatic rings. The molecule has 0 spiro atoms. The van der Waals surface area contributed by atoms with E-state index < -0.39 is 0 Å². The quantitative estimate of drug-likeness (QED) is 0.835. The molecule has 2 nitrogen and oxygen atoms in total. The fourth-order valence-corrected chi connectivity index (χ4v) is 2.49. The standard InChI is InChI=1S/C13H13Cl2NO/c1-2-3-16-13(17)12-7-11(12)8-4-9(14)6-10(15)5-8/h2,4-6,11-12H,1,3,7H2,(H,16,17)/t11-,12-/m1/s1. The highest BCUT2D eigenvalue weighted by Crippen LogP contribution is 2.48. The van der Waals surface area contributed by atoms with Gasteiger partial charge in [0.25, 0.3) is 0 Å². The summed E-state index contributed by atoms with van der Waals surface area (Å²) < 4.78 is 0. The van der Waals surface area contributed by atoms with Crippen LogP contribution in [0.15, 0.2) is 30.9 Å². The molecule has 0 aliphatic heterocycles. The predicted octanol–water partition coefficient (Wildman–Crippen LogP) is 3.40. The van der Waals surface area contributed by atoms with E-state index in [2.05, 4.69) is 11.9 Å². The van der Waals surface area contributed by atoms with E-state index in [-0.39, 0.29) is 17.7 Å². The third kappa shape index (κ3) is 3.02. The maximum Gasteiger partial charge on any atom is 0.223 e. The maximum atomic E-state index is 11.7. The molecule has 17 heavy (non-hydrogen) atoms. The molecule has 90 valence electrons. The lowest BCUT2D eigenvalue weighted by molar-refractivity contribution is -0.122. The van der Waals surface area contributed by atoms with Crippen molar-refractivity contribution in [2.45, 2.75) is 12.3 Å². The number of nitrogens with one attached hydrogen (secondary N) is 1. The Morgan fingerprint density at radius 2 is 2.06 bits per heavy atom. The summed E-state index contributed by atoms with van der Waals surface area (Å²) in [5.41, 5.74) is 1.04. The van der Waals surface area contributed by atoms with Crippen LogP contribution >= 0.6 is 23.2 Å². The molecule has 2 rings (SSSR count). The smallest absolute Gasteiger partial charge is 0.223 e. The molecule has 1 saturated carbocycles. The second kappa shape index (κ2) is 5.11. The van der Waals surface area contributed by atoms with Gasteiger partial charge in [0.05, 0.1) is 0 Å². The van der Waals surface area contributed by atoms with Crippen LogP contribution in [0.5, 0.6) is 0 Å². The van der Waals surface area contributed by atoms with Crippen LogP contribution in [0.4, 0.5) is 0 Å². The van der Waals surface area contributed by atoms with Crippen molar-refractivity contribution in [3.63, 3.8) is 0 Å². The zero-order valence-electron chi connectivity index (χ0n) is 9.25. The number of benzene rings is 1. The zero-order chi connectivity index (χ0) is 12.4. The first-order chi connectivity index (χ1) is 8.11. The number of carbonyl (C=O) groups is 1. The number of halogens is 2. The molecule has 0 unspecified atom stereocenters. The van der Waals surface area contributed by atoms with Gasteiger partial charge >= 0.3 is 0 Å². The Morgan fingerprint density at radius 1 is 1.41 bits per heavy atom. The van der Waals surface area contributed by atoms with Crippen LogP contribution in [0, 0.1) is 5.92 Å². The molecule has 1 aliphatic rings. The summed E-state index contributed by atoms with van der Waals surface area (Å²) in [6, 6.07) is 5.44. The van der Waals surface area contributed by atoms with E-state index in [4.69, 9.17) is 23.2 Å². The minimum absolute atomic E-state index is 0.0458. The van der Waals surface area contributed by atoms with E-state index in [9.17, 15) is 4.79 Å². The van der Waals surface area contributed by atoms with E-state index in [0.29, 0.717) is 16.6 Å². The highest BCUT2D eigenvalue weighted by atomic mass is 35.5. The van der Waals surface area contributed by atoms with Crippen molar-refractivity contribution in [1.82, 2.24) is 5.32 Å². The van der Waals surface area contributed by atoms with Crippen molar-refractivity contribution >= 4 is 29.1 Å². The summed E-state index contributed by atoms with van der Waals surface area (Å²) in [6.45, 7) is 4.08. The number of amides is 1. The average Bonchev–Trinajstić information content (AvgIpc) is 3.04. The van der Waals surface area contributed by atoms with Crippen LogP contribution in [0.1, 0.15) is 17.9 Å². The van der Waals surface area contributed by atoms with Crippen LogP contribution in [-0.4, -0.2) is 12.5 Å². The van der Waals surface area contributed by atoms with Gasteiger partial charge in [0.2, 0.25) is 5.91 Å². The van der Waals surface area contributed by atoms with E-state index in [1.54, 1.807) is 12.1 Å². The van der Waals surface area contributed by atoms with Crippen LogP contribution in [-0.2, 0) is 4.79 Å². The largest absolute Gasteiger partial charge is 0.352 e. The molecule has 0 radical (unpaired) electrons. The third-order valence-corrected chi connectivity index (χ3v) is 3.30. The Balaban J connectivity index is 2.02. The van der Waals surface area contributed by atoms with Gasteiger partial charge in [-0.25, -0.2) is 0 Å². The molecular formula is C13H13Cl2NO. The van der Waals surface area contributed by atoms with E-state index in [1.807, 2.05) is 12.1 Å². The van der Waals surface area contributed by atoms with Crippen molar-refractivity contribution in [2.24, 2.45) is 5.92 Å². The molecule has 2 atom stereocenters. The summed E-state index contributed by atoms with van der Waals surface area (Å²) in [5.74, 6) is 0.367. The van der Waals surface area contributed by atoms with Crippen molar-refractivity contribution in [3.8, 4) is 0 Å². The van der Waals surface area contributed by atoms with Gasteiger partial charge in [0, 0.05) is 22.5 Å². The minimum atomic E-state index is 0.0458. The van der Waals surface area contributed by atoms with Gasteiger partial charge < -0.3 is 5.32 Å². The Labute approximate surface area is 111 Å². The van der Waals surface area contributed by atoms with Gasteiger partial charge in [0.1, 0.15) is 0 Å². The van der Waals surface area contributed by atoms with Gasteiger partial charge in [-0.05, 0) is 36.1 Å². The molecule has 1 fully saturated rings. The van der Waals surface area contributed by atoms with Gasteiger partial charge in [-0.15, -0.1) is 6.58 Å². The van der Waals surface area contributed by atoms with Crippen LogP contribution in [0.25, 0.3) is 0 Å². The third-order valence-electron chi connectivity index (χ3n) is 2.86. The lowest BCUT2D eigenvalue weighted by Crippen LogP contribution is -2.25. The summed E-state index contributed by atoms with van der Waals surface area (Å²) in [6.07, 6.45) is 2.53. The second-order valence-electron chi connectivity index (χ2n) is 4.19. The van der Waals surface area contributed by atoms with Crippen molar-refractivity contribution < 1.29 is 4.79 Å². The fourth-order valence-electron chi connectivity index (χ4n) is 1.95. The Bertz CT molecular complexity index is 438. The molecule has 0 aromatic heterocycles. The lowest BCUT2D eigenvalue weighted by atomic mass is 10.1. The minimum Gasteiger partial charge on any atom is -0.352 e. The maximum absolute atomic E-state index is 11.7. The molecule has 0 saturated heterocycles. The van der Waals surface area contributed by atoms with Gasteiger partial charge in [-0.2, -0.15) is 0 Å². The van der Waals surface area contributed by atoms with Crippen LogP contribution in [0.3, 0.4) is 0 Å². The van der Waals surface area contributed by atoms with Crippen molar-refractivity contribution in [2.75, 3.05) is 6.54 Å². The molecule has 0 heterocycles. The zero-order valence-corrected chi connectivity index (χ0v) is 10.8. The molecule has 1 aromatic carbocycles. The lowest BCUT2D eigenvalue weighted by Gasteiger charge is -2.03. The summed E-state index contributed by atoms with van der Waals surface area (Å²) in [4.78, 5) is 11.7. The number of carbonyl (C=O) groups excluding carboxylic acids is 1. The topological polar surface area (TPSA) is 29.1 Å². The molecule has 1 aliphatic carbocycles. The van der Waals surface area contributed by atoms with E-state index >= 15 is 0 Å².